The standard InChI is InChI=1S/C32H33N5O4.C23H23N3O3/c1-22-18-25(31(39)37-21-26-20-33-34(2)28(26)19-24-6-3-4-7-27(24)37)10-9-23(22)11-12-30(38)35-13-15-36(16-14-35)32(40)29-8-5-17-41-29;1-15-11-18(8-7-16(15)9-10-22(27)28)23(29)26-14-19-13-24-25(2)21(19)12-17-5-3-4-6-20(17)26/h3-10,17-18,20H,11-16,19,21H2,1-2H3;3-8,11,13H,9-10,12,14H2,1-2H3,(H,27,28). The molecule has 1 saturated heterocycles. The third-order valence-electron chi connectivity index (χ3n) is 13.8. The van der Waals surface area contributed by atoms with Crippen molar-refractivity contribution in [3.8, 4) is 0 Å². The van der Waals surface area contributed by atoms with Gasteiger partial charge < -0.3 is 29.1 Å². The van der Waals surface area contributed by atoms with Gasteiger partial charge in [0.25, 0.3) is 17.7 Å². The van der Waals surface area contributed by atoms with Crippen LogP contribution in [0, 0.1) is 13.8 Å². The molecule has 0 unspecified atom stereocenters. The number of piperazine rings is 1. The van der Waals surface area contributed by atoms with Crippen LogP contribution in [0.25, 0.3) is 0 Å². The van der Waals surface area contributed by atoms with Crippen molar-refractivity contribution in [2.24, 2.45) is 14.1 Å². The molecule has 3 aromatic heterocycles. The van der Waals surface area contributed by atoms with E-state index in [2.05, 4.69) is 22.3 Å². The normalized spacial score (nSPS) is 14.0. The van der Waals surface area contributed by atoms with Crippen LogP contribution in [-0.4, -0.2) is 90.2 Å². The van der Waals surface area contributed by atoms with Crippen LogP contribution in [0.4, 0.5) is 11.4 Å². The molecule has 4 amide bonds. The molecule has 70 heavy (non-hydrogen) atoms. The van der Waals surface area contributed by atoms with Gasteiger partial charge in [-0.2, -0.15) is 10.2 Å². The Morgan fingerprint density at radius 3 is 1.53 bits per heavy atom. The molecule has 358 valence electrons. The quantitative estimate of drug-likeness (QED) is 0.154. The van der Waals surface area contributed by atoms with Gasteiger partial charge in [0, 0.05) is 111 Å². The van der Waals surface area contributed by atoms with Crippen molar-refractivity contribution in [3.05, 3.63) is 189 Å². The number of aryl methyl sites for hydroxylation is 6. The first-order valence-electron chi connectivity index (χ1n) is 23.6. The number of carboxylic acids is 1. The van der Waals surface area contributed by atoms with Gasteiger partial charge in [-0.3, -0.25) is 33.3 Å². The van der Waals surface area contributed by atoms with E-state index >= 15 is 0 Å². The highest BCUT2D eigenvalue weighted by atomic mass is 16.4. The molecule has 6 heterocycles. The van der Waals surface area contributed by atoms with Crippen molar-refractivity contribution >= 4 is 41.0 Å². The van der Waals surface area contributed by atoms with E-state index in [9.17, 15) is 24.0 Å². The van der Waals surface area contributed by atoms with Crippen LogP contribution in [0.15, 0.2) is 120 Å². The van der Waals surface area contributed by atoms with Crippen molar-refractivity contribution in [2.75, 3.05) is 36.0 Å². The monoisotopic (exact) mass is 940 g/mol. The van der Waals surface area contributed by atoms with Gasteiger partial charge >= 0.3 is 5.97 Å². The van der Waals surface area contributed by atoms with E-state index in [0.29, 0.717) is 75.4 Å². The van der Waals surface area contributed by atoms with Crippen molar-refractivity contribution in [2.45, 2.75) is 65.5 Å². The van der Waals surface area contributed by atoms with Crippen molar-refractivity contribution in [3.63, 3.8) is 0 Å². The fourth-order valence-electron chi connectivity index (χ4n) is 9.71. The summed E-state index contributed by atoms with van der Waals surface area (Å²) in [7, 11) is 3.87. The summed E-state index contributed by atoms with van der Waals surface area (Å²) in [5.41, 5.74) is 13.5. The Morgan fingerprint density at radius 1 is 0.571 bits per heavy atom. The Bertz CT molecular complexity index is 3110. The summed E-state index contributed by atoms with van der Waals surface area (Å²) in [6, 6.07) is 30.7. The summed E-state index contributed by atoms with van der Waals surface area (Å²) < 4.78 is 8.98. The van der Waals surface area contributed by atoms with E-state index < -0.39 is 5.97 Å². The van der Waals surface area contributed by atoms with Gasteiger partial charge in [0.2, 0.25) is 5.91 Å². The average Bonchev–Trinajstić information content (AvgIpc) is 4.06. The lowest BCUT2D eigenvalue weighted by Gasteiger charge is -2.34. The van der Waals surface area contributed by atoms with Gasteiger partial charge in [-0.1, -0.05) is 48.5 Å². The summed E-state index contributed by atoms with van der Waals surface area (Å²) >= 11 is 0. The third kappa shape index (κ3) is 9.91. The minimum Gasteiger partial charge on any atom is -0.481 e. The second kappa shape index (κ2) is 20.3. The van der Waals surface area contributed by atoms with Crippen molar-refractivity contribution < 1.29 is 33.5 Å². The summed E-state index contributed by atoms with van der Waals surface area (Å²) in [5.74, 6) is -0.689. The number of rotatable bonds is 9. The number of aliphatic carboxylic acids is 1. The number of carbonyl (C=O) groups is 5. The van der Waals surface area contributed by atoms with Crippen LogP contribution in [0.2, 0.25) is 0 Å². The number of nitrogens with zero attached hydrogens (tertiary/aromatic N) is 8. The van der Waals surface area contributed by atoms with Gasteiger partial charge in [-0.05, 0) is 109 Å². The number of anilines is 2. The van der Waals surface area contributed by atoms with E-state index in [1.165, 1.54) is 6.26 Å². The van der Waals surface area contributed by atoms with Crippen LogP contribution in [0.1, 0.15) is 100 Å². The van der Waals surface area contributed by atoms with Gasteiger partial charge in [0.05, 0.1) is 31.7 Å². The molecular formula is C55H56N8O7. The van der Waals surface area contributed by atoms with E-state index in [4.69, 9.17) is 9.52 Å². The van der Waals surface area contributed by atoms with Crippen molar-refractivity contribution in [1.82, 2.24) is 29.4 Å². The molecule has 15 nitrogen and oxygen atoms in total. The number of carboxylic acid groups (broad SMARTS) is 1. The molecule has 4 aromatic carbocycles. The summed E-state index contributed by atoms with van der Waals surface area (Å²) in [6.45, 7) is 6.84. The van der Waals surface area contributed by atoms with Crippen LogP contribution < -0.4 is 9.80 Å². The number of aromatic nitrogens is 4. The Kier molecular flexibility index (Phi) is 13.6. The number of furan rings is 1. The van der Waals surface area contributed by atoms with Gasteiger partial charge in [-0.25, -0.2) is 0 Å². The lowest BCUT2D eigenvalue weighted by atomic mass is 10.00. The van der Waals surface area contributed by atoms with Gasteiger partial charge in [0.15, 0.2) is 5.76 Å². The molecule has 0 saturated carbocycles. The van der Waals surface area contributed by atoms with Crippen molar-refractivity contribution in [1.29, 1.82) is 0 Å². The molecule has 7 aromatic rings. The van der Waals surface area contributed by atoms with Crippen LogP contribution in [0.3, 0.4) is 0 Å². The Labute approximate surface area is 406 Å². The Morgan fingerprint density at radius 2 is 1.06 bits per heavy atom. The first-order chi connectivity index (χ1) is 33.8. The molecule has 1 N–H and O–H groups in total. The summed E-state index contributed by atoms with van der Waals surface area (Å²) in [4.78, 5) is 70.8. The molecule has 15 heteroatoms. The van der Waals surface area contributed by atoms with Crippen LogP contribution in [-0.2, 0) is 62.5 Å². The molecule has 3 aliphatic heterocycles. The summed E-state index contributed by atoms with van der Waals surface area (Å²) in [5, 5.41) is 17.7. The highest BCUT2D eigenvalue weighted by Crippen LogP contribution is 2.34. The molecule has 0 radical (unpaired) electrons. The number of benzene rings is 4. The second-order valence-corrected chi connectivity index (χ2v) is 18.2. The van der Waals surface area contributed by atoms with E-state index in [1.54, 1.807) is 23.1 Å². The smallest absolute Gasteiger partial charge is 0.303 e. The minimum absolute atomic E-state index is 0.0538. The maximum atomic E-state index is 13.8. The van der Waals surface area contributed by atoms with Crippen LogP contribution in [0.5, 0.6) is 0 Å². The number of hydrogen-bond acceptors (Lipinski definition) is 8. The average molecular weight is 941 g/mol. The predicted octanol–water partition coefficient (Wildman–Crippen LogP) is 7.49. The molecular weight excluding hydrogens is 885 g/mol. The topological polar surface area (TPSA) is 167 Å². The largest absolute Gasteiger partial charge is 0.481 e. The zero-order valence-electron chi connectivity index (χ0n) is 39.9. The lowest BCUT2D eigenvalue weighted by Crippen LogP contribution is -2.50. The second-order valence-electron chi connectivity index (χ2n) is 18.2. The van der Waals surface area contributed by atoms with Gasteiger partial charge in [0.1, 0.15) is 0 Å². The first kappa shape index (κ1) is 47.0. The molecule has 0 bridgehead atoms. The van der Waals surface area contributed by atoms with Gasteiger partial charge in [-0.15, -0.1) is 0 Å². The molecule has 10 rings (SSSR count). The summed E-state index contributed by atoms with van der Waals surface area (Å²) in [6.07, 6.45) is 8.15. The number of fused-ring (bicyclic) bond motifs is 4. The number of carbonyl (C=O) groups excluding carboxylic acids is 4. The Hall–Kier alpha value is -8.07. The molecule has 1 fully saturated rings. The zero-order valence-corrected chi connectivity index (χ0v) is 39.9. The fourth-order valence-corrected chi connectivity index (χ4v) is 9.71. The molecule has 0 atom stereocenters. The molecule has 0 spiro atoms. The molecule has 0 aliphatic carbocycles. The van der Waals surface area contributed by atoms with Crippen LogP contribution >= 0.6 is 0 Å². The fraction of sp³-hybridized carbons (Fsp3) is 0.291. The highest BCUT2D eigenvalue weighted by molar-refractivity contribution is 6.07. The number of amides is 4. The first-order valence-corrected chi connectivity index (χ1v) is 23.6. The molecule has 3 aliphatic rings. The maximum absolute atomic E-state index is 13.8. The Balaban J connectivity index is 0.000000185. The predicted molar refractivity (Wildman–Crippen MR) is 264 cm³/mol. The third-order valence-corrected chi connectivity index (χ3v) is 13.8. The lowest BCUT2D eigenvalue weighted by molar-refractivity contribution is -0.137. The van der Waals surface area contributed by atoms with E-state index in [1.807, 2.05) is 131 Å². The maximum Gasteiger partial charge on any atom is 0.303 e. The minimum atomic E-state index is -0.821. The SMILES string of the molecule is Cc1cc(C(=O)N2Cc3cnn(C)c3Cc3ccccc32)ccc1CCC(=O)N1CCN(C(=O)c2ccco2)CC1.Cc1cc(C(=O)N2Cc3cnn(C)c3Cc3ccccc32)ccc1CCC(=O)O. The van der Waals surface area contributed by atoms with E-state index in [-0.39, 0.29) is 30.0 Å². The number of para-hydroxylation sites is 2. The van der Waals surface area contributed by atoms with E-state index in [0.717, 1.165) is 80.1 Å². The highest BCUT2D eigenvalue weighted by Gasteiger charge is 2.30. The number of hydrogen-bond donors (Lipinski definition) is 1. The zero-order chi connectivity index (χ0) is 49.1.